The fourth-order valence-corrected chi connectivity index (χ4v) is 5.52. The largest absolute Gasteiger partial charge is 0.381 e. The number of carbonyl (C=O) groups excluding carboxylic acids is 2. The molecule has 2 heterocycles. The molecule has 0 aromatic carbocycles. The van der Waals surface area contributed by atoms with Crippen molar-refractivity contribution in [2.75, 3.05) is 5.32 Å². The molecule has 0 aliphatic heterocycles. The molecule has 9 nitrogen and oxygen atoms in total. The lowest BCUT2D eigenvalue weighted by Gasteiger charge is -2.17. The second-order valence-electron chi connectivity index (χ2n) is 6.84. The predicted octanol–water partition coefficient (Wildman–Crippen LogP) is 1.25. The molecule has 0 aliphatic rings. The van der Waals surface area contributed by atoms with E-state index in [1.54, 1.807) is 13.8 Å². The van der Waals surface area contributed by atoms with Crippen molar-refractivity contribution in [1.29, 1.82) is 0 Å². The van der Waals surface area contributed by atoms with Crippen molar-refractivity contribution in [3.63, 3.8) is 0 Å². The van der Waals surface area contributed by atoms with E-state index in [1.807, 2.05) is 0 Å². The molecule has 148 valence electrons. The summed E-state index contributed by atoms with van der Waals surface area (Å²) in [4.78, 5) is 23.6. The molecular weight excluding hydrogens is 392 g/mol. The van der Waals surface area contributed by atoms with Crippen molar-refractivity contribution < 1.29 is 23.1 Å². The summed E-state index contributed by atoms with van der Waals surface area (Å²) in [5, 5.41) is 18.0. The summed E-state index contributed by atoms with van der Waals surface area (Å²) in [5.41, 5.74) is 3.66. The van der Waals surface area contributed by atoms with Crippen LogP contribution in [0.5, 0.6) is 0 Å². The highest BCUT2D eigenvalue weighted by molar-refractivity contribution is 7.93. The van der Waals surface area contributed by atoms with E-state index in [4.69, 9.17) is 5.73 Å². The predicted molar refractivity (Wildman–Crippen MR) is 101 cm³/mol. The minimum atomic E-state index is -4.21. The normalized spacial score (nSPS) is 12.4. The van der Waals surface area contributed by atoms with Gasteiger partial charge in [0, 0.05) is 7.05 Å². The Morgan fingerprint density at radius 1 is 1.37 bits per heavy atom. The van der Waals surface area contributed by atoms with Crippen LogP contribution >= 0.6 is 11.3 Å². The van der Waals surface area contributed by atoms with Crippen LogP contribution in [0.1, 0.15) is 49.7 Å². The molecular formula is C16H22N4O5S2. The molecule has 2 aromatic rings. The quantitative estimate of drug-likeness (QED) is 0.649. The van der Waals surface area contributed by atoms with Crippen LogP contribution in [0.15, 0.2) is 20.6 Å². The third-order valence-corrected chi connectivity index (χ3v) is 7.07. The fraction of sp³-hybridized carbons (Fsp3) is 0.438. The highest BCUT2D eigenvalue weighted by Gasteiger charge is 2.36. The molecule has 27 heavy (non-hydrogen) atoms. The maximum atomic E-state index is 13.3. The Balaban J connectivity index is 2.76. The molecule has 2 amide bonds. The van der Waals surface area contributed by atoms with E-state index < -0.39 is 27.3 Å². The standard InChI is InChI=1S/C16H22N4O5S2/c1-8(2)10-11(13(20(5)19-10)18-15(22)16(3,4)23)27(24,25)14-9(12(17)21)6-7-26-14/h6-8,23H,1-5H3,(H2,17,21)(H,18,22). The van der Waals surface area contributed by atoms with Gasteiger partial charge in [-0.25, -0.2) is 8.42 Å². The van der Waals surface area contributed by atoms with E-state index in [0.717, 1.165) is 11.3 Å². The van der Waals surface area contributed by atoms with Crippen molar-refractivity contribution in [3.8, 4) is 0 Å². The number of nitrogens with two attached hydrogens (primary N) is 1. The van der Waals surface area contributed by atoms with E-state index in [2.05, 4.69) is 10.4 Å². The van der Waals surface area contributed by atoms with Crippen molar-refractivity contribution in [3.05, 3.63) is 22.7 Å². The third kappa shape index (κ3) is 3.89. The Bertz CT molecular complexity index is 997. The summed E-state index contributed by atoms with van der Waals surface area (Å²) in [6, 6.07) is 1.33. The maximum Gasteiger partial charge on any atom is 0.256 e. The molecule has 2 aromatic heterocycles. The Hall–Kier alpha value is -2.24. The first-order valence-electron chi connectivity index (χ1n) is 8.01. The van der Waals surface area contributed by atoms with Gasteiger partial charge in [-0.1, -0.05) is 13.8 Å². The number of aliphatic hydroxyl groups is 1. The lowest BCUT2D eigenvalue weighted by Crippen LogP contribution is -2.37. The third-order valence-electron chi connectivity index (χ3n) is 3.77. The number of hydrogen-bond acceptors (Lipinski definition) is 7. The monoisotopic (exact) mass is 414 g/mol. The summed E-state index contributed by atoms with van der Waals surface area (Å²) in [5.74, 6) is -2.04. The fourth-order valence-electron chi connectivity index (χ4n) is 2.34. The Morgan fingerprint density at radius 2 is 1.96 bits per heavy atom. The van der Waals surface area contributed by atoms with Gasteiger partial charge in [-0.05, 0) is 31.2 Å². The smallest absolute Gasteiger partial charge is 0.256 e. The second-order valence-corrected chi connectivity index (χ2v) is 9.84. The van der Waals surface area contributed by atoms with Gasteiger partial charge in [-0.15, -0.1) is 11.3 Å². The van der Waals surface area contributed by atoms with E-state index in [0.29, 0.717) is 0 Å². The van der Waals surface area contributed by atoms with Crippen LogP contribution in [0.25, 0.3) is 0 Å². The van der Waals surface area contributed by atoms with E-state index in [1.165, 1.54) is 37.0 Å². The lowest BCUT2D eigenvalue weighted by atomic mass is 10.1. The number of primary amides is 1. The maximum absolute atomic E-state index is 13.3. The molecule has 0 bridgehead atoms. The number of sulfone groups is 1. The van der Waals surface area contributed by atoms with Crippen LogP contribution in [-0.4, -0.2) is 40.7 Å². The topological polar surface area (TPSA) is 144 Å². The number of hydrogen-bond donors (Lipinski definition) is 3. The molecule has 0 unspecified atom stereocenters. The molecule has 2 rings (SSSR count). The Labute approximate surface area is 161 Å². The number of nitrogens with zero attached hydrogens (tertiary/aromatic N) is 2. The van der Waals surface area contributed by atoms with Gasteiger partial charge in [-0.3, -0.25) is 14.3 Å². The first kappa shape index (κ1) is 21.1. The van der Waals surface area contributed by atoms with Crippen LogP contribution in [0, 0.1) is 0 Å². The number of amides is 2. The average molecular weight is 415 g/mol. The van der Waals surface area contributed by atoms with E-state index in [-0.39, 0.29) is 32.1 Å². The van der Waals surface area contributed by atoms with Gasteiger partial charge in [0.2, 0.25) is 9.84 Å². The number of aryl methyl sites for hydroxylation is 1. The zero-order chi connectivity index (χ0) is 20.7. The summed E-state index contributed by atoms with van der Waals surface area (Å²) in [6.45, 7) is 6.07. The molecule has 0 radical (unpaired) electrons. The van der Waals surface area contributed by atoms with Gasteiger partial charge in [0.1, 0.15) is 20.5 Å². The van der Waals surface area contributed by atoms with Crippen LogP contribution < -0.4 is 11.1 Å². The van der Waals surface area contributed by atoms with Gasteiger partial charge in [0.05, 0.1) is 11.3 Å². The van der Waals surface area contributed by atoms with Gasteiger partial charge < -0.3 is 16.2 Å². The number of thiophene rings is 1. The molecule has 0 atom stereocenters. The summed E-state index contributed by atoms with van der Waals surface area (Å²) < 4.78 is 27.7. The van der Waals surface area contributed by atoms with Crippen molar-refractivity contribution in [1.82, 2.24) is 9.78 Å². The zero-order valence-corrected chi connectivity index (χ0v) is 17.2. The number of rotatable bonds is 6. The summed E-state index contributed by atoms with van der Waals surface area (Å²) in [6.07, 6.45) is 0. The van der Waals surface area contributed by atoms with Gasteiger partial charge >= 0.3 is 0 Å². The van der Waals surface area contributed by atoms with E-state index in [9.17, 15) is 23.1 Å². The molecule has 0 aliphatic carbocycles. The Morgan fingerprint density at radius 3 is 2.44 bits per heavy atom. The minimum absolute atomic E-state index is 0.0883. The van der Waals surface area contributed by atoms with Crippen LogP contribution in [0.3, 0.4) is 0 Å². The average Bonchev–Trinajstić information content (AvgIpc) is 3.12. The summed E-state index contributed by atoms with van der Waals surface area (Å²) in [7, 11) is -2.73. The minimum Gasteiger partial charge on any atom is -0.381 e. The number of carbonyl (C=O) groups is 2. The zero-order valence-electron chi connectivity index (χ0n) is 15.6. The Kier molecular flexibility index (Phi) is 5.51. The highest BCUT2D eigenvalue weighted by atomic mass is 32.2. The SMILES string of the molecule is CC(C)c1nn(C)c(NC(=O)C(C)(C)O)c1S(=O)(=O)c1sccc1C(N)=O. The van der Waals surface area contributed by atoms with Crippen molar-refractivity contribution >= 4 is 38.8 Å². The number of aromatic nitrogens is 2. The molecule has 0 fully saturated rings. The van der Waals surface area contributed by atoms with Gasteiger partial charge in [-0.2, -0.15) is 5.10 Å². The molecule has 11 heteroatoms. The highest BCUT2D eigenvalue weighted by Crippen LogP contribution is 2.37. The van der Waals surface area contributed by atoms with Gasteiger partial charge in [0.25, 0.3) is 11.8 Å². The number of anilines is 1. The molecule has 0 saturated heterocycles. The second kappa shape index (κ2) is 7.06. The van der Waals surface area contributed by atoms with Crippen molar-refractivity contribution in [2.45, 2.75) is 48.3 Å². The first-order chi connectivity index (χ1) is 12.3. The number of nitrogens with one attached hydrogen (secondary N) is 1. The van der Waals surface area contributed by atoms with E-state index >= 15 is 0 Å². The van der Waals surface area contributed by atoms with Crippen LogP contribution in [0.2, 0.25) is 0 Å². The molecule has 4 N–H and O–H groups in total. The van der Waals surface area contributed by atoms with Gasteiger partial charge in [0.15, 0.2) is 0 Å². The molecule has 0 saturated carbocycles. The van der Waals surface area contributed by atoms with Crippen molar-refractivity contribution in [2.24, 2.45) is 12.8 Å². The summed E-state index contributed by atoms with van der Waals surface area (Å²) >= 11 is 0.855. The molecule has 0 spiro atoms. The lowest BCUT2D eigenvalue weighted by molar-refractivity contribution is -0.130. The first-order valence-corrected chi connectivity index (χ1v) is 10.4. The van der Waals surface area contributed by atoms with Crippen LogP contribution in [0.4, 0.5) is 5.82 Å². The van der Waals surface area contributed by atoms with Crippen LogP contribution in [-0.2, 0) is 21.7 Å².